The van der Waals surface area contributed by atoms with Crippen LogP contribution < -0.4 is 0 Å². The van der Waals surface area contributed by atoms with Crippen LogP contribution in [-0.4, -0.2) is 27.9 Å². The van der Waals surface area contributed by atoms with Gasteiger partial charge in [0.25, 0.3) is 0 Å². The highest BCUT2D eigenvalue weighted by atomic mass is 16.3. The quantitative estimate of drug-likeness (QED) is 0.775. The molecule has 3 heteroatoms. The molecule has 1 rings (SSSR count). The SMILES string of the molecule is Cc1cc([C@@H](CCO)C[C@H](C)O)ccn1. The van der Waals surface area contributed by atoms with Crippen molar-refractivity contribution in [3.8, 4) is 0 Å². The summed E-state index contributed by atoms with van der Waals surface area (Å²) in [7, 11) is 0. The highest BCUT2D eigenvalue weighted by Gasteiger charge is 2.13. The molecular formula is C12H19NO2. The van der Waals surface area contributed by atoms with E-state index >= 15 is 0 Å². The van der Waals surface area contributed by atoms with Gasteiger partial charge in [0.15, 0.2) is 0 Å². The molecule has 15 heavy (non-hydrogen) atoms. The van der Waals surface area contributed by atoms with Crippen molar-refractivity contribution in [3.05, 3.63) is 29.6 Å². The molecule has 1 aromatic rings. The van der Waals surface area contributed by atoms with Crippen molar-refractivity contribution in [1.82, 2.24) is 4.98 Å². The lowest BCUT2D eigenvalue weighted by atomic mass is 9.91. The van der Waals surface area contributed by atoms with Crippen LogP contribution in [0.25, 0.3) is 0 Å². The lowest BCUT2D eigenvalue weighted by Crippen LogP contribution is -2.10. The van der Waals surface area contributed by atoms with Crippen LogP contribution in [-0.2, 0) is 0 Å². The molecule has 0 amide bonds. The van der Waals surface area contributed by atoms with Gasteiger partial charge in [-0.05, 0) is 50.3 Å². The number of aromatic nitrogens is 1. The van der Waals surface area contributed by atoms with Gasteiger partial charge in [-0.15, -0.1) is 0 Å². The Morgan fingerprint density at radius 2 is 2.20 bits per heavy atom. The van der Waals surface area contributed by atoms with E-state index in [1.165, 1.54) is 0 Å². The van der Waals surface area contributed by atoms with E-state index in [1.54, 1.807) is 13.1 Å². The van der Waals surface area contributed by atoms with Crippen molar-refractivity contribution in [2.45, 2.75) is 38.7 Å². The van der Waals surface area contributed by atoms with E-state index < -0.39 is 0 Å². The summed E-state index contributed by atoms with van der Waals surface area (Å²) >= 11 is 0. The molecule has 0 radical (unpaired) electrons. The molecule has 0 spiro atoms. The predicted molar refractivity (Wildman–Crippen MR) is 59.7 cm³/mol. The Bertz CT molecular complexity index is 299. The standard InChI is InChI=1S/C12H19NO2/c1-9-7-11(3-5-13-9)12(4-6-14)8-10(2)15/h3,5,7,10,12,14-15H,4,6,8H2,1-2H3/t10-,12-/m0/s1. The van der Waals surface area contributed by atoms with E-state index in [0.29, 0.717) is 12.8 Å². The summed E-state index contributed by atoms with van der Waals surface area (Å²) in [6.07, 6.45) is 2.81. The van der Waals surface area contributed by atoms with Gasteiger partial charge in [-0.2, -0.15) is 0 Å². The van der Waals surface area contributed by atoms with Crippen LogP contribution in [0.15, 0.2) is 18.3 Å². The van der Waals surface area contributed by atoms with Gasteiger partial charge < -0.3 is 10.2 Å². The molecule has 0 fully saturated rings. The fourth-order valence-corrected chi connectivity index (χ4v) is 1.81. The fraction of sp³-hybridized carbons (Fsp3) is 0.583. The van der Waals surface area contributed by atoms with Crippen molar-refractivity contribution in [1.29, 1.82) is 0 Å². The third kappa shape index (κ3) is 3.98. The minimum absolute atomic E-state index is 0.152. The largest absolute Gasteiger partial charge is 0.396 e. The molecule has 0 aliphatic rings. The molecular weight excluding hydrogens is 190 g/mol. The smallest absolute Gasteiger partial charge is 0.0518 e. The van der Waals surface area contributed by atoms with Crippen molar-refractivity contribution in [2.24, 2.45) is 0 Å². The second-order valence-corrected chi connectivity index (χ2v) is 4.02. The number of nitrogens with zero attached hydrogens (tertiary/aromatic N) is 1. The minimum atomic E-state index is -0.338. The Morgan fingerprint density at radius 3 is 2.73 bits per heavy atom. The fourth-order valence-electron chi connectivity index (χ4n) is 1.81. The van der Waals surface area contributed by atoms with Gasteiger partial charge in [0.2, 0.25) is 0 Å². The maximum atomic E-state index is 9.38. The van der Waals surface area contributed by atoms with Gasteiger partial charge in [-0.3, -0.25) is 4.98 Å². The zero-order valence-corrected chi connectivity index (χ0v) is 9.35. The number of aryl methyl sites for hydroxylation is 1. The van der Waals surface area contributed by atoms with E-state index in [2.05, 4.69) is 4.98 Å². The molecule has 0 saturated heterocycles. The zero-order chi connectivity index (χ0) is 11.3. The first-order valence-corrected chi connectivity index (χ1v) is 5.35. The van der Waals surface area contributed by atoms with Gasteiger partial charge in [-0.25, -0.2) is 0 Å². The highest BCUT2D eigenvalue weighted by Crippen LogP contribution is 2.24. The van der Waals surface area contributed by atoms with Gasteiger partial charge in [0.1, 0.15) is 0 Å². The van der Waals surface area contributed by atoms with Crippen LogP contribution in [0, 0.1) is 6.92 Å². The summed E-state index contributed by atoms with van der Waals surface area (Å²) in [5, 5.41) is 18.4. The molecule has 1 aromatic heterocycles. The first-order chi connectivity index (χ1) is 7.13. The first kappa shape index (κ1) is 12.1. The van der Waals surface area contributed by atoms with Crippen LogP contribution in [0.5, 0.6) is 0 Å². The van der Waals surface area contributed by atoms with Crippen LogP contribution >= 0.6 is 0 Å². The molecule has 2 N–H and O–H groups in total. The third-order valence-electron chi connectivity index (χ3n) is 2.50. The number of hydrogen-bond acceptors (Lipinski definition) is 3. The van der Waals surface area contributed by atoms with E-state index in [9.17, 15) is 5.11 Å². The number of aliphatic hydroxyl groups is 2. The molecule has 0 aliphatic heterocycles. The maximum Gasteiger partial charge on any atom is 0.0518 e. The number of aliphatic hydroxyl groups excluding tert-OH is 2. The topological polar surface area (TPSA) is 53.4 Å². The van der Waals surface area contributed by atoms with Crippen LogP contribution in [0.1, 0.15) is 36.9 Å². The Balaban J connectivity index is 2.78. The Labute approximate surface area is 90.8 Å². The molecule has 1 heterocycles. The van der Waals surface area contributed by atoms with E-state index in [-0.39, 0.29) is 18.6 Å². The Kier molecular flexibility index (Phi) is 4.72. The van der Waals surface area contributed by atoms with Crippen molar-refractivity contribution in [2.75, 3.05) is 6.61 Å². The molecule has 84 valence electrons. The van der Waals surface area contributed by atoms with Crippen LogP contribution in [0.2, 0.25) is 0 Å². The number of hydrogen-bond donors (Lipinski definition) is 2. The summed E-state index contributed by atoms with van der Waals surface area (Å²) in [5.74, 6) is 0.219. The average molecular weight is 209 g/mol. The second kappa shape index (κ2) is 5.83. The molecule has 0 bridgehead atoms. The average Bonchev–Trinajstić information content (AvgIpc) is 2.16. The molecule has 0 aromatic carbocycles. The van der Waals surface area contributed by atoms with Crippen molar-refractivity contribution >= 4 is 0 Å². The van der Waals surface area contributed by atoms with Gasteiger partial charge in [0.05, 0.1) is 6.10 Å². The van der Waals surface area contributed by atoms with Gasteiger partial charge in [-0.1, -0.05) is 0 Å². The van der Waals surface area contributed by atoms with Crippen LogP contribution in [0.4, 0.5) is 0 Å². The van der Waals surface area contributed by atoms with Crippen LogP contribution in [0.3, 0.4) is 0 Å². The molecule has 3 nitrogen and oxygen atoms in total. The molecule has 0 unspecified atom stereocenters. The van der Waals surface area contributed by atoms with Gasteiger partial charge in [0, 0.05) is 18.5 Å². The van der Waals surface area contributed by atoms with E-state index in [0.717, 1.165) is 11.3 Å². The molecule has 2 atom stereocenters. The molecule has 0 aliphatic carbocycles. The number of rotatable bonds is 5. The predicted octanol–water partition coefficient (Wildman–Crippen LogP) is 1.63. The normalized spacial score (nSPS) is 14.9. The highest BCUT2D eigenvalue weighted by molar-refractivity contribution is 5.20. The van der Waals surface area contributed by atoms with Gasteiger partial charge >= 0.3 is 0 Å². The zero-order valence-electron chi connectivity index (χ0n) is 9.35. The first-order valence-electron chi connectivity index (χ1n) is 5.35. The minimum Gasteiger partial charge on any atom is -0.396 e. The molecule has 0 saturated carbocycles. The van der Waals surface area contributed by atoms with Crippen molar-refractivity contribution < 1.29 is 10.2 Å². The number of pyridine rings is 1. The second-order valence-electron chi connectivity index (χ2n) is 4.02. The summed E-state index contributed by atoms with van der Waals surface area (Å²) in [6, 6.07) is 3.97. The third-order valence-corrected chi connectivity index (χ3v) is 2.50. The summed E-state index contributed by atoms with van der Waals surface area (Å²) in [6.45, 7) is 3.87. The Morgan fingerprint density at radius 1 is 1.47 bits per heavy atom. The van der Waals surface area contributed by atoms with E-state index in [4.69, 9.17) is 5.11 Å². The summed E-state index contributed by atoms with van der Waals surface area (Å²) in [5.41, 5.74) is 2.12. The lowest BCUT2D eigenvalue weighted by molar-refractivity contribution is 0.165. The lowest BCUT2D eigenvalue weighted by Gasteiger charge is -2.18. The van der Waals surface area contributed by atoms with Crippen molar-refractivity contribution in [3.63, 3.8) is 0 Å². The summed E-state index contributed by atoms with van der Waals surface area (Å²) < 4.78 is 0. The Hall–Kier alpha value is -0.930. The van der Waals surface area contributed by atoms with E-state index in [1.807, 2.05) is 19.1 Å². The summed E-state index contributed by atoms with van der Waals surface area (Å²) in [4.78, 5) is 4.14. The monoisotopic (exact) mass is 209 g/mol. The maximum absolute atomic E-state index is 9.38.